The number of rotatable bonds is 11. The van der Waals surface area contributed by atoms with Gasteiger partial charge in [0.15, 0.2) is 5.75 Å². The Kier molecular flexibility index (Phi) is 10.4. The first-order valence-corrected chi connectivity index (χ1v) is 12.1. The molecule has 2 aromatic rings. The van der Waals surface area contributed by atoms with Crippen LogP contribution in [0, 0.1) is 0 Å². The minimum atomic E-state index is -3.57. The highest BCUT2D eigenvalue weighted by Gasteiger charge is 2.13. The van der Waals surface area contributed by atoms with Gasteiger partial charge in [-0.25, -0.2) is 13.1 Å². The molecule has 0 amide bonds. The van der Waals surface area contributed by atoms with Gasteiger partial charge in [0.05, 0.1) is 21.5 Å². The summed E-state index contributed by atoms with van der Waals surface area (Å²) in [5.74, 6) is 0.776. The smallest absolute Gasteiger partial charge is 0.240 e. The molecule has 0 saturated heterocycles. The van der Waals surface area contributed by atoms with Crippen molar-refractivity contribution in [1.82, 2.24) is 4.72 Å². The van der Waals surface area contributed by atoms with Crippen molar-refractivity contribution in [3.63, 3.8) is 0 Å². The summed E-state index contributed by atoms with van der Waals surface area (Å²) >= 11 is 29.2. The molecule has 0 bridgehead atoms. The molecule has 0 aliphatic heterocycles. The second-order valence-electron chi connectivity index (χ2n) is 5.93. The monoisotopic (exact) mass is 531 g/mol. The van der Waals surface area contributed by atoms with Crippen molar-refractivity contribution in [1.29, 1.82) is 0 Å². The molecule has 0 aliphatic rings. The van der Waals surface area contributed by atoms with Gasteiger partial charge in [0, 0.05) is 23.7 Å². The molecular weight excluding hydrogens is 516 g/mol. The van der Waals surface area contributed by atoms with Crippen LogP contribution in [-0.4, -0.2) is 28.2 Å². The van der Waals surface area contributed by atoms with E-state index in [1.807, 2.05) is 0 Å². The molecule has 0 aliphatic carbocycles. The molecule has 0 saturated carbocycles. The molecule has 2 rings (SSSR count). The summed E-state index contributed by atoms with van der Waals surface area (Å²) < 4.78 is 38.0. The molecule has 0 aromatic heterocycles. The maximum atomic E-state index is 12.2. The molecule has 30 heavy (non-hydrogen) atoms. The van der Waals surface area contributed by atoms with Crippen molar-refractivity contribution < 1.29 is 17.9 Å². The highest BCUT2D eigenvalue weighted by Crippen LogP contribution is 2.37. The maximum absolute atomic E-state index is 12.2. The van der Waals surface area contributed by atoms with E-state index >= 15 is 0 Å². The summed E-state index contributed by atoms with van der Waals surface area (Å²) in [5, 5.41) is 1.06. The first-order valence-electron chi connectivity index (χ1n) is 8.70. The largest absolute Gasteiger partial charge is 0.490 e. The summed E-state index contributed by atoms with van der Waals surface area (Å²) in [6.07, 6.45) is 2.64. The zero-order valence-corrected chi connectivity index (χ0v) is 20.1. The molecule has 11 heteroatoms. The lowest BCUT2D eigenvalue weighted by atomic mass is 10.3. The number of hydrogen-bond donors (Lipinski definition) is 1. The Balaban J connectivity index is 1.77. The van der Waals surface area contributed by atoms with E-state index < -0.39 is 10.0 Å². The van der Waals surface area contributed by atoms with Gasteiger partial charge in [0.25, 0.3) is 0 Å². The molecule has 5 nitrogen and oxygen atoms in total. The topological polar surface area (TPSA) is 64.6 Å². The average Bonchev–Trinajstić information content (AvgIpc) is 2.66. The van der Waals surface area contributed by atoms with E-state index in [0.29, 0.717) is 46.0 Å². The fourth-order valence-corrected chi connectivity index (χ4v) is 4.17. The predicted molar refractivity (Wildman–Crippen MR) is 123 cm³/mol. The standard InChI is InChI=1S/C19H18Cl5NO4S/c20-13-3-5-15(6-4-13)30(26,27)25-8-1-2-9-29-19-16(21)11-14(12-17(19)22)28-10-7-18(23)24/h3-7,11-12,25H,1-2,8-10H2. The number of sulfonamides is 1. The number of ether oxygens (including phenoxy) is 2. The first kappa shape index (κ1) is 25.4. The van der Waals surface area contributed by atoms with Crippen molar-refractivity contribution in [2.45, 2.75) is 17.7 Å². The molecule has 0 atom stereocenters. The lowest BCUT2D eigenvalue weighted by Gasteiger charge is -2.12. The van der Waals surface area contributed by atoms with Gasteiger partial charge in [0.1, 0.15) is 16.8 Å². The van der Waals surface area contributed by atoms with Crippen molar-refractivity contribution in [2.75, 3.05) is 19.8 Å². The van der Waals surface area contributed by atoms with Crippen LogP contribution in [0.25, 0.3) is 0 Å². The molecular formula is C19H18Cl5NO4S. The third kappa shape index (κ3) is 8.35. The molecule has 0 spiro atoms. The van der Waals surface area contributed by atoms with Crippen LogP contribution in [0.15, 0.2) is 51.9 Å². The molecule has 0 fully saturated rings. The lowest BCUT2D eigenvalue weighted by molar-refractivity contribution is 0.306. The van der Waals surface area contributed by atoms with Crippen LogP contribution in [0.2, 0.25) is 15.1 Å². The minimum Gasteiger partial charge on any atom is -0.490 e. The van der Waals surface area contributed by atoms with Gasteiger partial charge >= 0.3 is 0 Å². The van der Waals surface area contributed by atoms with Gasteiger partial charge in [-0.15, -0.1) is 0 Å². The van der Waals surface area contributed by atoms with E-state index in [0.717, 1.165) is 0 Å². The highest BCUT2D eigenvalue weighted by molar-refractivity contribution is 7.89. The second kappa shape index (κ2) is 12.2. The molecule has 0 heterocycles. The predicted octanol–water partition coefficient (Wildman–Crippen LogP) is 6.48. The summed E-state index contributed by atoms with van der Waals surface area (Å²) in [7, 11) is -3.57. The Morgan fingerprint density at radius 2 is 1.60 bits per heavy atom. The summed E-state index contributed by atoms with van der Waals surface area (Å²) in [6.45, 7) is 0.743. The molecule has 0 radical (unpaired) electrons. The average molecular weight is 534 g/mol. The van der Waals surface area contributed by atoms with Crippen LogP contribution in [0.3, 0.4) is 0 Å². The maximum Gasteiger partial charge on any atom is 0.240 e. The molecule has 0 unspecified atom stereocenters. The Bertz CT molecular complexity index is 954. The quantitative estimate of drug-likeness (QED) is 0.336. The fourth-order valence-electron chi connectivity index (χ4n) is 2.26. The van der Waals surface area contributed by atoms with Gasteiger partial charge < -0.3 is 9.47 Å². The normalized spacial score (nSPS) is 11.2. The van der Waals surface area contributed by atoms with Gasteiger partial charge in [-0.1, -0.05) is 58.0 Å². The van der Waals surface area contributed by atoms with Crippen molar-refractivity contribution in [2.24, 2.45) is 0 Å². The summed E-state index contributed by atoms with van der Waals surface area (Å²) in [6, 6.07) is 9.09. The van der Waals surface area contributed by atoms with E-state index in [2.05, 4.69) is 4.72 Å². The Labute approximate surface area is 200 Å². The van der Waals surface area contributed by atoms with Crippen LogP contribution >= 0.6 is 58.0 Å². The zero-order valence-electron chi connectivity index (χ0n) is 15.5. The third-order valence-corrected chi connectivity index (χ3v) is 6.29. The SMILES string of the molecule is O=S(=O)(NCCCCOc1c(Cl)cc(OCC=C(Cl)Cl)cc1Cl)c1ccc(Cl)cc1. The van der Waals surface area contributed by atoms with Crippen molar-refractivity contribution in [3.8, 4) is 11.5 Å². The second-order valence-corrected chi connectivity index (χ2v) is 9.95. The van der Waals surface area contributed by atoms with Gasteiger partial charge in [-0.3, -0.25) is 0 Å². The molecule has 2 aromatic carbocycles. The number of benzene rings is 2. The number of nitrogens with one attached hydrogen (secondary N) is 1. The van der Waals surface area contributed by atoms with Crippen LogP contribution < -0.4 is 14.2 Å². The number of halogens is 5. The summed E-state index contributed by atoms with van der Waals surface area (Å²) in [4.78, 5) is 0.160. The zero-order chi connectivity index (χ0) is 22.1. The van der Waals surface area contributed by atoms with E-state index in [-0.39, 0.29) is 22.5 Å². The van der Waals surface area contributed by atoms with E-state index in [1.54, 1.807) is 12.1 Å². The minimum absolute atomic E-state index is 0.0996. The van der Waals surface area contributed by atoms with Gasteiger partial charge in [-0.2, -0.15) is 0 Å². The molecule has 1 N–H and O–H groups in total. The van der Waals surface area contributed by atoms with Crippen LogP contribution in [0.1, 0.15) is 12.8 Å². The van der Waals surface area contributed by atoms with E-state index in [1.165, 1.54) is 30.3 Å². The van der Waals surface area contributed by atoms with Crippen LogP contribution in [0.5, 0.6) is 11.5 Å². The van der Waals surface area contributed by atoms with Crippen molar-refractivity contribution in [3.05, 3.63) is 62.0 Å². The Morgan fingerprint density at radius 3 is 2.20 bits per heavy atom. The fraction of sp³-hybridized carbons (Fsp3) is 0.263. The third-order valence-electron chi connectivity index (χ3n) is 3.69. The summed E-state index contributed by atoms with van der Waals surface area (Å²) in [5.41, 5.74) is 0. The number of unbranched alkanes of at least 4 members (excludes halogenated alkanes) is 1. The molecule has 164 valence electrons. The van der Waals surface area contributed by atoms with Gasteiger partial charge in [-0.05, 0) is 43.2 Å². The number of hydrogen-bond acceptors (Lipinski definition) is 4. The first-order chi connectivity index (χ1) is 14.2. The van der Waals surface area contributed by atoms with Crippen LogP contribution in [0.4, 0.5) is 0 Å². The lowest BCUT2D eigenvalue weighted by Crippen LogP contribution is -2.25. The Hall–Kier alpha value is -0.860. The van der Waals surface area contributed by atoms with Gasteiger partial charge in [0.2, 0.25) is 10.0 Å². The van der Waals surface area contributed by atoms with Crippen LogP contribution in [-0.2, 0) is 10.0 Å². The Morgan fingerprint density at radius 1 is 0.967 bits per heavy atom. The van der Waals surface area contributed by atoms with E-state index in [4.69, 9.17) is 67.5 Å². The van der Waals surface area contributed by atoms with E-state index in [9.17, 15) is 8.42 Å². The van der Waals surface area contributed by atoms with Crippen molar-refractivity contribution >= 4 is 68.0 Å². The highest BCUT2D eigenvalue weighted by atomic mass is 35.5.